The molecule has 1 amide bonds. The summed E-state index contributed by atoms with van der Waals surface area (Å²) in [6.07, 6.45) is 0. The molecular weight excluding hydrogens is 298 g/mol. The largest absolute Gasteiger partial charge is 0.399 e. The molecule has 2 rings (SSSR count). The van der Waals surface area contributed by atoms with E-state index in [-0.39, 0.29) is 12.1 Å². The number of nitrogens with zero attached hydrogens (tertiary/aromatic N) is 1. The molecule has 0 atom stereocenters. The van der Waals surface area contributed by atoms with E-state index in [9.17, 15) is 13.6 Å². The summed E-state index contributed by atoms with van der Waals surface area (Å²) < 4.78 is 26.5. The highest BCUT2D eigenvalue weighted by atomic mass is 35.5. The highest BCUT2D eigenvalue weighted by molar-refractivity contribution is 6.31. The Morgan fingerprint density at radius 1 is 1.24 bits per heavy atom. The highest BCUT2D eigenvalue weighted by Crippen LogP contribution is 2.21. The van der Waals surface area contributed by atoms with E-state index in [1.807, 2.05) is 0 Å². The summed E-state index contributed by atoms with van der Waals surface area (Å²) in [6, 6.07) is 7.75. The van der Waals surface area contributed by atoms with E-state index in [4.69, 9.17) is 17.3 Å². The molecule has 0 aliphatic heterocycles. The minimum Gasteiger partial charge on any atom is -0.399 e. The van der Waals surface area contributed by atoms with E-state index in [1.165, 1.54) is 11.9 Å². The molecule has 21 heavy (non-hydrogen) atoms. The Kier molecular flexibility index (Phi) is 4.43. The number of halogens is 3. The fraction of sp³-hybridized carbons (Fsp3) is 0.133. The van der Waals surface area contributed by atoms with Crippen LogP contribution in [0.3, 0.4) is 0 Å². The molecule has 0 aliphatic carbocycles. The Hall–Kier alpha value is -2.14. The van der Waals surface area contributed by atoms with Gasteiger partial charge in [0.15, 0.2) is 0 Å². The monoisotopic (exact) mass is 310 g/mol. The van der Waals surface area contributed by atoms with Crippen molar-refractivity contribution in [3.8, 4) is 0 Å². The Morgan fingerprint density at radius 2 is 1.95 bits per heavy atom. The van der Waals surface area contributed by atoms with Crippen LogP contribution in [-0.2, 0) is 6.54 Å². The second-order valence-corrected chi connectivity index (χ2v) is 5.04. The summed E-state index contributed by atoms with van der Waals surface area (Å²) in [6.45, 7) is 0.166. The van der Waals surface area contributed by atoms with Gasteiger partial charge in [-0.15, -0.1) is 0 Å². The summed E-state index contributed by atoms with van der Waals surface area (Å²) in [5.74, 6) is -2.19. The average molecular weight is 311 g/mol. The number of amides is 1. The van der Waals surface area contributed by atoms with Crippen LogP contribution >= 0.6 is 11.6 Å². The van der Waals surface area contributed by atoms with Crippen LogP contribution in [0, 0.1) is 11.6 Å². The topological polar surface area (TPSA) is 46.3 Å². The molecule has 0 aliphatic rings. The van der Waals surface area contributed by atoms with Crippen molar-refractivity contribution < 1.29 is 13.6 Å². The van der Waals surface area contributed by atoms with Crippen molar-refractivity contribution in [3.05, 3.63) is 64.2 Å². The lowest BCUT2D eigenvalue weighted by Crippen LogP contribution is -2.27. The molecule has 3 nitrogen and oxygen atoms in total. The van der Waals surface area contributed by atoms with E-state index in [0.29, 0.717) is 22.3 Å². The van der Waals surface area contributed by atoms with E-state index in [2.05, 4.69) is 0 Å². The van der Waals surface area contributed by atoms with Crippen molar-refractivity contribution in [1.82, 2.24) is 4.90 Å². The number of hydrogen-bond acceptors (Lipinski definition) is 2. The Labute approximate surface area is 125 Å². The summed E-state index contributed by atoms with van der Waals surface area (Å²) in [5.41, 5.74) is 6.64. The van der Waals surface area contributed by atoms with Gasteiger partial charge in [0.2, 0.25) is 0 Å². The molecule has 0 aromatic heterocycles. The molecule has 2 aromatic rings. The molecule has 0 bridgehead atoms. The lowest BCUT2D eigenvalue weighted by Gasteiger charge is -2.18. The molecule has 2 N–H and O–H groups in total. The SMILES string of the molecule is CN(Cc1cc(N)ccc1Cl)C(=O)c1ccc(F)cc1F. The number of nitrogens with two attached hydrogens (primary N) is 1. The molecule has 110 valence electrons. The molecule has 0 saturated carbocycles. The molecule has 0 saturated heterocycles. The average Bonchev–Trinajstić information content (AvgIpc) is 2.42. The van der Waals surface area contributed by atoms with Gasteiger partial charge in [-0.25, -0.2) is 8.78 Å². The van der Waals surface area contributed by atoms with Gasteiger partial charge in [-0.3, -0.25) is 4.79 Å². The Morgan fingerprint density at radius 3 is 2.62 bits per heavy atom. The van der Waals surface area contributed by atoms with Gasteiger partial charge in [-0.1, -0.05) is 11.6 Å². The third kappa shape index (κ3) is 3.49. The van der Waals surface area contributed by atoms with Crippen molar-refractivity contribution in [2.75, 3.05) is 12.8 Å². The fourth-order valence-corrected chi connectivity index (χ4v) is 2.09. The van der Waals surface area contributed by atoms with Gasteiger partial charge in [0, 0.05) is 30.4 Å². The van der Waals surface area contributed by atoms with Crippen LogP contribution in [0.4, 0.5) is 14.5 Å². The first-order valence-electron chi connectivity index (χ1n) is 6.13. The van der Waals surface area contributed by atoms with Crippen LogP contribution < -0.4 is 5.73 Å². The fourth-order valence-electron chi connectivity index (χ4n) is 1.91. The number of benzene rings is 2. The Bertz CT molecular complexity index is 691. The standard InChI is InChI=1S/C15H13ClF2N2O/c1-20(8-9-6-11(19)3-5-13(9)16)15(21)12-4-2-10(17)7-14(12)18/h2-7H,8,19H2,1H3. The van der Waals surface area contributed by atoms with E-state index >= 15 is 0 Å². The van der Waals surface area contributed by atoms with Crippen LogP contribution in [0.15, 0.2) is 36.4 Å². The van der Waals surface area contributed by atoms with Gasteiger partial charge in [0.25, 0.3) is 5.91 Å². The normalized spacial score (nSPS) is 10.5. The third-order valence-electron chi connectivity index (χ3n) is 2.99. The van der Waals surface area contributed by atoms with Gasteiger partial charge >= 0.3 is 0 Å². The summed E-state index contributed by atoms with van der Waals surface area (Å²) in [5, 5.41) is 0.462. The highest BCUT2D eigenvalue weighted by Gasteiger charge is 2.17. The maximum Gasteiger partial charge on any atom is 0.256 e. The van der Waals surface area contributed by atoms with Crippen LogP contribution in [-0.4, -0.2) is 17.9 Å². The van der Waals surface area contributed by atoms with Crippen LogP contribution in [0.1, 0.15) is 15.9 Å². The first-order valence-corrected chi connectivity index (χ1v) is 6.50. The molecule has 2 aromatic carbocycles. The minimum absolute atomic E-state index is 0.166. The number of rotatable bonds is 3. The van der Waals surface area contributed by atoms with Gasteiger partial charge < -0.3 is 10.6 Å². The molecule has 0 fully saturated rings. The second-order valence-electron chi connectivity index (χ2n) is 4.64. The van der Waals surface area contributed by atoms with Crippen molar-refractivity contribution in [2.45, 2.75) is 6.54 Å². The van der Waals surface area contributed by atoms with E-state index in [0.717, 1.165) is 12.1 Å². The molecular formula is C15H13ClF2N2O. The third-order valence-corrected chi connectivity index (χ3v) is 3.35. The summed E-state index contributed by atoms with van der Waals surface area (Å²) in [4.78, 5) is 13.5. The molecule has 0 spiro atoms. The number of nitrogen functional groups attached to an aromatic ring is 1. The number of carbonyl (C=O) groups is 1. The summed E-state index contributed by atoms with van der Waals surface area (Å²) >= 11 is 6.03. The minimum atomic E-state index is -0.898. The first-order chi connectivity index (χ1) is 9.88. The number of hydrogen-bond donors (Lipinski definition) is 1. The smallest absolute Gasteiger partial charge is 0.256 e. The number of anilines is 1. The van der Waals surface area contributed by atoms with E-state index < -0.39 is 17.5 Å². The van der Waals surface area contributed by atoms with Gasteiger partial charge in [0.1, 0.15) is 11.6 Å². The van der Waals surface area contributed by atoms with Gasteiger partial charge in [0.05, 0.1) is 5.56 Å². The van der Waals surface area contributed by atoms with Crippen molar-refractivity contribution >= 4 is 23.2 Å². The van der Waals surface area contributed by atoms with Crippen LogP contribution in [0.5, 0.6) is 0 Å². The molecule has 6 heteroatoms. The van der Waals surface area contributed by atoms with Gasteiger partial charge in [-0.2, -0.15) is 0 Å². The zero-order valence-electron chi connectivity index (χ0n) is 11.2. The van der Waals surface area contributed by atoms with Crippen molar-refractivity contribution in [3.63, 3.8) is 0 Å². The second kappa shape index (κ2) is 6.10. The predicted octanol–water partition coefficient (Wildman–Crippen LogP) is 3.47. The molecule has 0 heterocycles. The van der Waals surface area contributed by atoms with Crippen molar-refractivity contribution in [2.24, 2.45) is 0 Å². The van der Waals surface area contributed by atoms with Crippen LogP contribution in [0.25, 0.3) is 0 Å². The van der Waals surface area contributed by atoms with Gasteiger partial charge in [-0.05, 0) is 35.9 Å². The van der Waals surface area contributed by atoms with Crippen LogP contribution in [0.2, 0.25) is 5.02 Å². The lowest BCUT2D eigenvalue weighted by atomic mass is 10.1. The zero-order valence-corrected chi connectivity index (χ0v) is 12.0. The van der Waals surface area contributed by atoms with Crippen molar-refractivity contribution in [1.29, 1.82) is 0 Å². The van der Waals surface area contributed by atoms with E-state index in [1.54, 1.807) is 18.2 Å². The first kappa shape index (κ1) is 15.3. The zero-order chi connectivity index (χ0) is 15.6. The maximum absolute atomic E-state index is 13.6. The molecule has 0 unspecified atom stereocenters. The number of carbonyl (C=O) groups excluding carboxylic acids is 1. The Balaban J connectivity index is 2.21. The summed E-state index contributed by atoms with van der Waals surface area (Å²) in [7, 11) is 1.50. The quantitative estimate of drug-likeness (QED) is 0.882. The lowest BCUT2D eigenvalue weighted by molar-refractivity contribution is 0.0780. The molecule has 0 radical (unpaired) electrons. The predicted molar refractivity (Wildman–Crippen MR) is 78.0 cm³/mol. The maximum atomic E-state index is 13.6.